The number of ether oxygens (including phenoxy) is 1. The largest absolute Gasteiger partial charge is 0.378 e. The van der Waals surface area contributed by atoms with Crippen LogP contribution in [0.1, 0.15) is 25.8 Å². The Morgan fingerprint density at radius 1 is 1.32 bits per heavy atom. The van der Waals surface area contributed by atoms with Crippen LogP contribution in [0.25, 0.3) is 0 Å². The molecule has 1 heterocycles. The molecule has 0 saturated carbocycles. The molecule has 4 heteroatoms. The van der Waals surface area contributed by atoms with Gasteiger partial charge in [0.05, 0.1) is 12.1 Å². The Labute approximate surface area is 133 Å². The lowest BCUT2D eigenvalue weighted by Crippen LogP contribution is -2.47. The second-order valence-corrected chi connectivity index (χ2v) is 6.39. The van der Waals surface area contributed by atoms with Crippen LogP contribution < -0.4 is 10.6 Å². The highest BCUT2D eigenvalue weighted by Gasteiger charge is 2.31. The normalized spacial score (nSPS) is 22.7. The molecule has 0 bridgehead atoms. The Hall–Kier alpha value is -1.39. The zero-order valence-corrected chi connectivity index (χ0v) is 13.8. The minimum Gasteiger partial charge on any atom is -0.378 e. The average Bonchev–Trinajstić information content (AvgIpc) is 3.00. The summed E-state index contributed by atoms with van der Waals surface area (Å²) in [5.74, 6) is 1.05. The molecular formula is C18H28N2O2. The number of hydrogen-bond donors (Lipinski definition) is 2. The van der Waals surface area contributed by atoms with E-state index < -0.39 is 0 Å². The van der Waals surface area contributed by atoms with Gasteiger partial charge in [-0.3, -0.25) is 4.79 Å². The Morgan fingerprint density at radius 2 is 2.05 bits per heavy atom. The lowest BCUT2D eigenvalue weighted by molar-refractivity contribution is -0.122. The predicted molar refractivity (Wildman–Crippen MR) is 88.7 cm³/mol. The van der Waals surface area contributed by atoms with Gasteiger partial charge in [0.25, 0.3) is 0 Å². The van der Waals surface area contributed by atoms with E-state index in [-0.39, 0.29) is 11.9 Å². The molecule has 3 atom stereocenters. The fourth-order valence-electron chi connectivity index (χ4n) is 3.19. The zero-order chi connectivity index (χ0) is 15.9. The molecule has 1 saturated heterocycles. The first kappa shape index (κ1) is 17.0. The average molecular weight is 304 g/mol. The van der Waals surface area contributed by atoms with Crippen molar-refractivity contribution < 1.29 is 9.53 Å². The maximum atomic E-state index is 12.1. The molecule has 4 nitrogen and oxygen atoms in total. The van der Waals surface area contributed by atoms with Gasteiger partial charge in [-0.1, -0.05) is 44.2 Å². The molecule has 2 rings (SSSR count). The number of amides is 1. The highest BCUT2D eigenvalue weighted by Crippen LogP contribution is 2.26. The van der Waals surface area contributed by atoms with Crippen LogP contribution in [0.5, 0.6) is 0 Å². The molecule has 1 aliphatic heterocycles. The SMILES string of the molecule is CNC(=O)C(Cc1ccccc1)NC[C@H]1CCO[C@@H]1C(C)C. The zero-order valence-electron chi connectivity index (χ0n) is 13.8. The molecular weight excluding hydrogens is 276 g/mol. The van der Waals surface area contributed by atoms with Crippen molar-refractivity contribution in [3.63, 3.8) is 0 Å². The number of benzene rings is 1. The van der Waals surface area contributed by atoms with E-state index in [0.29, 0.717) is 24.4 Å². The molecule has 0 aliphatic carbocycles. The van der Waals surface area contributed by atoms with E-state index in [9.17, 15) is 4.79 Å². The van der Waals surface area contributed by atoms with Crippen LogP contribution in [0, 0.1) is 11.8 Å². The van der Waals surface area contributed by atoms with Gasteiger partial charge < -0.3 is 15.4 Å². The van der Waals surface area contributed by atoms with E-state index in [1.165, 1.54) is 5.56 Å². The molecule has 1 aliphatic rings. The van der Waals surface area contributed by atoms with Crippen LogP contribution in [0.3, 0.4) is 0 Å². The Balaban J connectivity index is 1.94. The Kier molecular flexibility index (Phi) is 6.40. The lowest BCUT2D eigenvalue weighted by atomic mass is 9.92. The van der Waals surface area contributed by atoms with E-state index in [2.05, 4.69) is 36.6 Å². The van der Waals surface area contributed by atoms with Gasteiger partial charge in [0.15, 0.2) is 0 Å². The third kappa shape index (κ3) is 4.55. The molecule has 1 unspecified atom stereocenters. The van der Waals surface area contributed by atoms with Crippen molar-refractivity contribution in [3.05, 3.63) is 35.9 Å². The number of nitrogens with one attached hydrogen (secondary N) is 2. The minimum atomic E-state index is -0.194. The summed E-state index contributed by atoms with van der Waals surface area (Å²) in [4.78, 5) is 12.1. The van der Waals surface area contributed by atoms with Crippen LogP contribution in [-0.2, 0) is 16.0 Å². The fourth-order valence-corrected chi connectivity index (χ4v) is 3.19. The number of likely N-dealkylation sites (N-methyl/N-ethyl adjacent to an activating group) is 1. The first-order valence-electron chi connectivity index (χ1n) is 8.22. The molecule has 0 radical (unpaired) electrons. The van der Waals surface area contributed by atoms with Gasteiger partial charge in [0, 0.05) is 26.1 Å². The maximum absolute atomic E-state index is 12.1. The highest BCUT2D eigenvalue weighted by atomic mass is 16.5. The van der Waals surface area contributed by atoms with Gasteiger partial charge in [0.2, 0.25) is 5.91 Å². The van der Waals surface area contributed by atoms with E-state index >= 15 is 0 Å². The summed E-state index contributed by atoms with van der Waals surface area (Å²) >= 11 is 0. The van der Waals surface area contributed by atoms with E-state index in [4.69, 9.17) is 4.74 Å². The fraction of sp³-hybridized carbons (Fsp3) is 0.611. The van der Waals surface area contributed by atoms with E-state index in [1.807, 2.05) is 18.2 Å². The van der Waals surface area contributed by atoms with Crippen LogP contribution in [0.2, 0.25) is 0 Å². The summed E-state index contributed by atoms with van der Waals surface area (Å²) in [6.07, 6.45) is 2.08. The third-order valence-electron chi connectivity index (χ3n) is 4.39. The smallest absolute Gasteiger partial charge is 0.237 e. The summed E-state index contributed by atoms with van der Waals surface area (Å²) in [6, 6.07) is 9.95. The summed E-state index contributed by atoms with van der Waals surface area (Å²) < 4.78 is 5.82. The van der Waals surface area contributed by atoms with E-state index in [0.717, 1.165) is 19.6 Å². The molecule has 0 spiro atoms. The molecule has 1 amide bonds. The predicted octanol–water partition coefficient (Wildman–Crippen LogP) is 1.99. The van der Waals surface area contributed by atoms with Gasteiger partial charge in [-0.25, -0.2) is 0 Å². The lowest BCUT2D eigenvalue weighted by Gasteiger charge is -2.25. The topological polar surface area (TPSA) is 50.4 Å². The number of carbonyl (C=O) groups excluding carboxylic acids is 1. The quantitative estimate of drug-likeness (QED) is 0.810. The van der Waals surface area contributed by atoms with E-state index in [1.54, 1.807) is 7.05 Å². The molecule has 0 aromatic heterocycles. The molecule has 2 N–H and O–H groups in total. The second-order valence-electron chi connectivity index (χ2n) is 6.39. The summed E-state index contributed by atoms with van der Waals surface area (Å²) in [7, 11) is 1.69. The summed E-state index contributed by atoms with van der Waals surface area (Å²) in [5.41, 5.74) is 1.17. The van der Waals surface area contributed by atoms with Crippen molar-refractivity contribution in [3.8, 4) is 0 Å². The van der Waals surface area contributed by atoms with Crippen molar-refractivity contribution >= 4 is 5.91 Å². The van der Waals surface area contributed by atoms with Gasteiger partial charge >= 0.3 is 0 Å². The third-order valence-corrected chi connectivity index (χ3v) is 4.39. The van der Waals surface area contributed by atoms with Crippen molar-refractivity contribution in [1.29, 1.82) is 0 Å². The van der Waals surface area contributed by atoms with Crippen molar-refractivity contribution in [2.45, 2.75) is 38.8 Å². The monoisotopic (exact) mass is 304 g/mol. The van der Waals surface area contributed by atoms with Crippen LogP contribution in [0.4, 0.5) is 0 Å². The first-order chi connectivity index (χ1) is 10.6. The highest BCUT2D eigenvalue weighted by molar-refractivity contribution is 5.81. The summed E-state index contributed by atoms with van der Waals surface area (Å²) in [5, 5.41) is 6.22. The Morgan fingerprint density at radius 3 is 2.68 bits per heavy atom. The van der Waals surface area contributed by atoms with Crippen LogP contribution >= 0.6 is 0 Å². The minimum absolute atomic E-state index is 0.0452. The first-order valence-corrected chi connectivity index (χ1v) is 8.22. The van der Waals surface area contributed by atoms with Crippen LogP contribution in [0.15, 0.2) is 30.3 Å². The number of carbonyl (C=O) groups is 1. The second kappa shape index (κ2) is 8.30. The van der Waals surface area contributed by atoms with Gasteiger partial charge in [-0.05, 0) is 24.3 Å². The van der Waals surface area contributed by atoms with Crippen molar-refractivity contribution in [2.24, 2.45) is 11.8 Å². The van der Waals surface area contributed by atoms with Gasteiger partial charge in [-0.15, -0.1) is 0 Å². The summed E-state index contributed by atoms with van der Waals surface area (Å²) in [6.45, 7) is 6.05. The number of hydrogen-bond acceptors (Lipinski definition) is 3. The Bertz CT molecular complexity index is 461. The van der Waals surface area contributed by atoms with Gasteiger partial charge in [0.1, 0.15) is 0 Å². The molecule has 122 valence electrons. The van der Waals surface area contributed by atoms with Crippen LogP contribution in [-0.4, -0.2) is 38.3 Å². The molecule has 1 aromatic carbocycles. The maximum Gasteiger partial charge on any atom is 0.237 e. The number of rotatable bonds is 7. The van der Waals surface area contributed by atoms with Gasteiger partial charge in [-0.2, -0.15) is 0 Å². The molecule has 22 heavy (non-hydrogen) atoms. The molecule has 1 fully saturated rings. The van der Waals surface area contributed by atoms with Crippen molar-refractivity contribution in [1.82, 2.24) is 10.6 Å². The standard InChI is InChI=1S/C18H28N2O2/c1-13(2)17-15(9-10-22-17)12-20-16(18(21)19-3)11-14-7-5-4-6-8-14/h4-8,13,15-17,20H,9-12H2,1-3H3,(H,19,21)/t15-,16?,17-/m1/s1. The van der Waals surface area contributed by atoms with Crippen molar-refractivity contribution in [2.75, 3.05) is 20.2 Å². The molecule has 1 aromatic rings.